The predicted octanol–water partition coefficient (Wildman–Crippen LogP) is 0.990. The minimum Gasteiger partial charge on any atom is -0.305 e. The van der Waals surface area contributed by atoms with Gasteiger partial charge in [0.1, 0.15) is 0 Å². The summed E-state index contributed by atoms with van der Waals surface area (Å²) in [4.78, 5) is 2.05. The van der Waals surface area contributed by atoms with Crippen LogP contribution in [-0.4, -0.2) is 25.0 Å². The summed E-state index contributed by atoms with van der Waals surface area (Å²) < 4.78 is 0. The average Bonchev–Trinajstić information content (AvgIpc) is 2.47. The van der Waals surface area contributed by atoms with Crippen molar-refractivity contribution in [2.45, 2.75) is 18.9 Å². The molecule has 0 unspecified atom stereocenters. The smallest absolute Gasteiger partial charge is 0.0672 e. The van der Waals surface area contributed by atoms with Crippen LogP contribution in [0.15, 0.2) is 0 Å². The van der Waals surface area contributed by atoms with Crippen LogP contribution in [0.1, 0.15) is 12.8 Å². The Morgan fingerprint density at radius 1 is 1.17 bits per heavy atom. The van der Waals surface area contributed by atoms with Gasteiger partial charge in [0.25, 0.3) is 0 Å². The highest BCUT2D eigenvalue weighted by Gasteiger charge is 2.35. The van der Waals surface area contributed by atoms with E-state index < -0.39 is 0 Å². The number of nitrogens with zero attached hydrogens (tertiary/aromatic N) is 3. The maximum atomic E-state index is 8.81. The van der Waals surface area contributed by atoms with Crippen LogP contribution >= 0.6 is 0 Å². The second-order valence-electron chi connectivity index (χ2n) is 3.56. The quantitative estimate of drug-likeness (QED) is 0.579. The SMILES string of the molecule is CN(C)[C@H]1C[C@H](C#N)C[C@@H]1C#N. The lowest BCUT2D eigenvalue weighted by molar-refractivity contribution is 0.266. The fourth-order valence-electron chi connectivity index (χ4n) is 1.83. The van der Waals surface area contributed by atoms with E-state index in [2.05, 4.69) is 12.1 Å². The monoisotopic (exact) mass is 163 g/mol. The second-order valence-corrected chi connectivity index (χ2v) is 3.56. The normalized spacial score (nSPS) is 34.6. The fourth-order valence-corrected chi connectivity index (χ4v) is 1.83. The molecule has 0 aliphatic heterocycles. The number of hydrogen-bond acceptors (Lipinski definition) is 3. The summed E-state index contributed by atoms with van der Waals surface area (Å²) >= 11 is 0. The van der Waals surface area contributed by atoms with Crippen LogP contribution in [-0.2, 0) is 0 Å². The molecule has 0 spiro atoms. The molecule has 0 saturated heterocycles. The van der Waals surface area contributed by atoms with E-state index in [1.54, 1.807) is 0 Å². The molecule has 1 rings (SSSR count). The molecule has 0 N–H and O–H groups in total. The van der Waals surface area contributed by atoms with Crippen molar-refractivity contribution in [2.75, 3.05) is 14.1 Å². The van der Waals surface area contributed by atoms with Gasteiger partial charge in [0.15, 0.2) is 0 Å². The maximum absolute atomic E-state index is 8.81. The molecule has 0 bridgehead atoms. The Balaban J connectivity index is 2.66. The van der Waals surface area contributed by atoms with Gasteiger partial charge in [-0.1, -0.05) is 0 Å². The van der Waals surface area contributed by atoms with Crippen molar-refractivity contribution in [1.29, 1.82) is 10.5 Å². The molecule has 0 aromatic heterocycles. The van der Waals surface area contributed by atoms with Gasteiger partial charge in [-0.3, -0.25) is 0 Å². The predicted molar refractivity (Wildman–Crippen MR) is 44.9 cm³/mol. The number of hydrogen-bond donors (Lipinski definition) is 0. The van der Waals surface area contributed by atoms with Gasteiger partial charge < -0.3 is 4.90 Å². The van der Waals surface area contributed by atoms with Crippen LogP contribution in [0.4, 0.5) is 0 Å². The highest BCUT2D eigenvalue weighted by atomic mass is 15.1. The fraction of sp³-hybridized carbons (Fsp3) is 0.778. The van der Waals surface area contributed by atoms with E-state index in [4.69, 9.17) is 10.5 Å². The van der Waals surface area contributed by atoms with E-state index in [0.29, 0.717) is 0 Å². The molecule has 3 atom stereocenters. The third kappa shape index (κ3) is 1.57. The van der Waals surface area contributed by atoms with Gasteiger partial charge in [0.2, 0.25) is 0 Å². The molecule has 12 heavy (non-hydrogen) atoms. The van der Waals surface area contributed by atoms with Crippen molar-refractivity contribution in [1.82, 2.24) is 4.90 Å². The van der Waals surface area contributed by atoms with Gasteiger partial charge in [0.05, 0.1) is 18.1 Å². The molecule has 64 valence electrons. The molecule has 0 heterocycles. The van der Waals surface area contributed by atoms with Crippen LogP contribution < -0.4 is 0 Å². The molecule has 0 aromatic rings. The Labute approximate surface area is 73.2 Å². The third-order valence-electron chi connectivity index (χ3n) is 2.54. The molecular formula is C9H13N3. The minimum atomic E-state index is 0.0460. The molecule has 1 fully saturated rings. The maximum Gasteiger partial charge on any atom is 0.0672 e. The molecule has 1 aliphatic rings. The first-order chi connectivity index (χ1) is 5.69. The zero-order valence-corrected chi connectivity index (χ0v) is 7.49. The van der Waals surface area contributed by atoms with Crippen LogP contribution in [0.25, 0.3) is 0 Å². The molecule has 0 aromatic carbocycles. The van der Waals surface area contributed by atoms with Gasteiger partial charge in [-0.05, 0) is 26.9 Å². The molecular weight excluding hydrogens is 150 g/mol. The topological polar surface area (TPSA) is 50.8 Å². The van der Waals surface area contributed by atoms with E-state index >= 15 is 0 Å². The van der Waals surface area contributed by atoms with Gasteiger partial charge in [-0.25, -0.2) is 0 Å². The number of nitriles is 2. The third-order valence-corrected chi connectivity index (χ3v) is 2.54. The summed E-state index contributed by atoms with van der Waals surface area (Å²) in [5.41, 5.74) is 0. The molecule has 1 saturated carbocycles. The lowest BCUT2D eigenvalue weighted by atomic mass is 10.1. The van der Waals surface area contributed by atoms with Gasteiger partial charge >= 0.3 is 0 Å². The van der Waals surface area contributed by atoms with Gasteiger partial charge in [-0.15, -0.1) is 0 Å². The Bertz CT molecular complexity index is 233. The van der Waals surface area contributed by atoms with E-state index in [1.165, 1.54) is 0 Å². The molecule has 1 aliphatic carbocycles. The lowest BCUT2D eigenvalue weighted by Gasteiger charge is -2.21. The van der Waals surface area contributed by atoms with Crippen LogP contribution in [0.2, 0.25) is 0 Å². The molecule has 0 amide bonds. The van der Waals surface area contributed by atoms with E-state index in [0.717, 1.165) is 12.8 Å². The number of rotatable bonds is 1. The zero-order chi connectivity index (χ0) is 9.14. The van der Waals surface area contributed by atoms with Crippen molar-refractivity contribution in [3.05, 3.63) is 0 Å². The van der Waals surface area contributed by atoms with Crippen LogP contribution in [0.3, 0.4) is 0 Å². The first kappa shape index (κ1) is 9.03. The second kappa shape index (κ2) is 3.56. The van der Waals surface area contributed by atoms with Crippen molar-refractivity contribution in [3.63, 3.8) is 0 Å². The molecule has 3 nitrogen and oxygen atoms in total. The highest BCUT2D eigenvalue weighted by Crippen LogP contribution is 2.32. The first-order valence-electron chi connectivity index (χ1n) is 4.14. The molecule has 3 heteroatoms. The van der Waals surface area contributed by atoms with E-state index in [1.807, 2.05) is 19.0 Å². The van der Waals surface area contributed by atoms with Crippen molar-refractivity contribution < 1.29 is 0 Å². The standard InChI is InChI=1S/C9H13N3/c1-12(2)9-4-7(5-10)3-8(9)6-11/h7-9H,3-4H2,1-2H3/t7-,8-,9+/m1/s1. The Morgan fingerprint density at radius 3 is 2.17 bits per heavy atom. The van der Waals surface area contributed by atoms with E-state index in [9.17, 15) is 0 Å². The summed E-state index contributed by atoms with van der Waals surface area (Å²) in [6, 6.07) is 4.78. The van der Waals surface area contributed by atoms with E-state index in [-0.39, 0.29) is 17.9 Å². The first-order valence-corrected chi connectivity index (χ1v) is 4.14. The Hall–Kier alpha value is -1.06. The summed E-state index contributed by atoms with van der Waals surface area (Å²) in [5, 5.41) is 17.5. The van der Waals surface area contributed by atoms with Gasteiger partial charge in [-0.2, -0.15) is 10.5 Å². The average molecular weight is 163 g/mol. The van der Waals surface area contributed by atoms with Gasteiger partial charge in [0, 0.05) is 12.0 Å². The Morgan fingerprint density at radius 2 is 1.83 bits per heavy atom. The molecule has 0 radical (unpaired) electrons. The van der Waals surface area contributed by atoms with Crippen LogP contribution in [0.5, 0.6) is 0 Å². The Kier molecular flexibility index (Phi) is 2.68. The van der Waals surface area contributed by atoms with Crippen molar-refractivity contribution in [3.8, 4) is 12.1 Å². The summed E-state index contributed by atoms with van der Waals surface area (Å²) in [5.74, 6) is 0.131. The van der Waals surface area contributed by atoms with Crippen LogP contribution in [0, 0.1) is 34.5 Å². The summed E-state index contributed by atoms with van der Waals surface area (Å²) in [7, 11) is 3.93. The largest absolute Gasteiger partial charge is 0.305 e. The highest BCUT2D eigenvalue weighted by molar-refractivity contribution is 5.04. The van der Waals surface area contributed by atoms with Crippen molar-refractivity contribution in [2.24, 2.45) is 11.8 Å². The zero-order valence-electron chi connectivity index (χ0n) is 7.49. The summed E-state index contributed by atoms with van der Waals surface area (Å²) in [6.07, 6.45) is 1.59. The van der Waals surface area contributed by atoms with Crippen molar-refractivity contribution >= 4 is 0 Å². The summed E-state index contributed by atoms with van der Waals surface area (Å²) in [6.45, 7) is 0. The minimum absolute atomic E-state index is 0.0460. The lowest BCUT2D eigenvalue weighted by Crippen LogP contribution is -2.30.